The molecule has 170 valence electrons. The van der Waals surface area contributed by atoms with Crippen molar-refractivity contribution in [1.29, 1.82) is 0 Å². The van der Waals surface area contributed by atoms with Crippen LogP contribution >= 0.6 is 24.0 Å². The summed E-state index contributed by atoms with van der Waals surface area (Å²) >= 11 is 0. The number of halogens is 4. The molecule has 0 aromatic heterocycles. The zero-order chi connectivity index (χ0) is 20.9. The molecule has 3 N–H and O–H groups in total. The fourth-order valence-corrected chi connectivity index (χ4v) is 3.82. The summed E-state index contributed by atoms with van der Waals surface area (Å²) in [7, 11) is 0. The maximum Gasteiger partial charge on any atom is 0.416 e. The van der Waals surface area contributed by atoms with Crippen molar-refractivity contribution in [1.82, 2.24) is 15.5 Å². The second-order valence-electron chi connectivity index (χ2n) is 8.17. The Morgan fingerprint density at radius 3 is 2.53 bits per heavy atom. The number of aliphatic hydroxyl groups is 1. The maximum atomic E-state index is 12.9. The highest BCUT2D eigenvalue weighted by molar-refractivity contribution is 14.0. The van der Waals surface area contributed by atoms with Gasteiger partial charge in [-0.3, -0.25) is 9.89 Å². The second-order valence-corrected chi connectivity index (χ2v) is 8.17. The molecule has 1 aromatic rings. The van der Waals surface area contributed by atoms with E-state index in [2.05, 4.69) is 20.5 Å². The number of nitrogens with one attached hydrogen (secondary N) is 2. The minimum atomic E-state index is -4.30. The van der Waals surface area contributed by atoms with Gasteiger partial charge >= 0.3 is 6.18 Å². The van der Waals surface area contributed by atoms with E-state index in [4.69, 9.17) is 0 Å². The first-order valence-electron chi connectivity index (χ1n) is 10.4. The summed E-state index contributed by atoms with van der Waals surface area (Å²) in [6.07, 6.45) is 0.164. The van der Waals surface area contributed by atoms with E-state index in [0.29, 0.717) is 18.7 Å². The van der Waals surface area contributed by atoms with E-state index in [1.807, 2.05) is 6.92 Å². The van der Waals surface area contributed by atoms with Crippen LogP contribution in [0.25, 0.3) is 0 Å². The molecule has 0 unspecified atom stereocenters. The monoisotopic (exact) mass is 540 g/mol. The van der Waals surface area contributed by atoms with Crippen molar-refractivity contribution in [3.8, 4) is 0 Å². The number of likely N-dealkylation sites (tertiary alicyclic amines) is 1. The highest BCUT2D eigenvalue weighted by atomic mass is 127. The Morgan fingerprint density at radius 2 is 1.97 bits per heavy atom. The molecule has 0 atom stereocenters. The summed E-state index contributed by atoms with van der Waals surface area (Å²) in [5, 5.41) is 16.9. The van der Waals surface area contributed by atoms with Crippen molar-refractivity contribution in [2.24, 2.45) is 4.99 Å². The molecule has 9 heteroatoms. The zero-order valence-corrected chi connectivity index (χ0v) is 19.7. The number of hydrogen-bond acceptors (Lipinski definition) is 3. The minimum Gasteiger partial charge on any atom is -0.388 e. The van der Waals surface area contributed by atoms with E-state index in [1.54, 1.807) is 6.07 Å². The SMILES string of the molecule is CCNC(=NCC1(O)CCC1)NC1CCN(Cc2cccc(C(F)(F)F)c2)CC1.I. The highest BCUT2D eigenvalue weighted by Crippen LogP contribution is 2.32. The molecule has 5 nitrogen and oxygen atoms in total. The molecule has 1 aliphatic heterocycles. The lowest BCUT2D eigenvalue weighted by Crippen LogP contribution is -2.49. The van der Waals surface area contributed by atoms with Crippen LogP contribution in [0.1, 0.15) is 50.2 Å². The van der Waals surface area contributed by atoms with E-state index in [-0.39, 0.29) is 30.0 Å². The molecule has 0 amide bonds. The first kappa shape index (κ1) is 25.2. The van der Waals surface area contributed by atoms with Gasteiger partial charge in [-0.25, -0.2) is 0 Å². The Labute approximate surface area is 193 Å². The van der Waals surface area contributed by atoms with Crippen molar-refractivity contribution in [2.75, 3.05) is 26.2 Å². The summed E-state index contributed by atoms with van der Waals surface area (Å²) < 4.78 is 38.7. The Hall–Kier alpha value is -1.07. The number of guanidine groups is 1. The molecule has 2 fully saturated rings. The largest absolute Gasteiger partial charge is 0.416 e. The molecular formula is C21H32F3IN4O. The predicted molar refractivity (Wildman–Crippen MR) is 123 cm³/mol. The van der Waals surface area contributed by atoms with Gasteiger partial charge in [0.15, 0.2) is 5.96 Å². The Morgan fingerprint density at radius 1 is 1.27 bits per heavy atom. The number of aliphatic imine (C=N–C) groups is 1. The van der Waals surface area contributed by atoms with Gasteiger partial charge in [-0.1, -0.05) is 18.2 Å². The molecule has 1 heterocycles. The molecule has 1 saturated heterocycles. The third kappa shape index (κ3) is 7.26. The van der Waals surface area contributed by atoms with Crippen molar-refractivity contribution < 1.29 is 18.3 Å². The topological polar surface area (TPSA) is 59.9 Å². The van der Waals surface area contributed by atoms with Gasteiger partial charge in [0.1, 0.15) is 0 Å². The summed E-state index contributed by atoms with van der Waals surface area (Å²) in [5.41, 5.74) is -0.544. The van der Waals surface area contributed by atoms with Crippen molar-refractivity contribution in [3.63, 3.8) is 0 Å². The van der Waals surface area contributed by atoms with Crippen LogP contribution in [0, 0.1) is 0 Å². The van der Waals surface area contributed by atoms with Crippen LogP contribution < -0.4 is 10.6 Å². The van der Waals surface area contributed by atoms with Gasteiger partial charge in [-0.15, -0.1) is 24.0 Å². The third-order valence-electron chi connectivity index (χ3n) is 5.75. The Bertz CT molecular complexity index is 702. The molecule has 3 rings (SSSR count). The lowest BCUT2D eigenvalue weighted by molar-refractivity contribution is -0.137. The summed E-state index contributed by atoms with van der Waals surface area (Å²) in [4.78, 5) is 6.73. The molecule has 2 aliphatic rings. The smallest absolute Gasteiger partial charge is 0.388 e. The fourth-order valence-electron chi connectivity index (χ4n) is 3.82. The van der Waals surface area contributed by atoms with Crippen LogP contribution in [0.5, 0.6) is 0 Å². The molecule has 0 radical (unpaired) electrons. The van der Waals surface area contributed by atoms with E-state index >= 15 is 0 Å². The Balaban J connectivity index is 0.00000320. The average Bonchev–Trinajstić information content (AvgIpc) is 2.66. The standard InChI is InChI=1S/C21H31F3N4O.HI/c1-2-25-19(26-15-20(29)9-4-10-20)27-18-7-11-28(12-8-18)14-16-5-3-6-17(13-16)21(22,23)24;/h3,5-6,13,18,29H,2,4,7-12,14-15H2,1H3,(H2,25,26,27);1H. The zero-order valence-electron chi connectivity index (χ0n) is 17.3. The van der Waals surface area contributed by atoms with Gasteiger partial charge in [0.2, 0.25) is 0 Å². The number of rotatable bonds is 6. The Kier molecular flexibility index (Phi) is 9.23. The van der Waals surface area contributed by atoms with E-state index in [1.165, 1.54) is 12.1 Å². The molecular weight excluding hydrogens is 508 g/mol. The van der Waals surface area contributed by atoms with E-state index in [0.717, 1.165) is 63.8 Å². The van der Waals surface area contributed by atoms with Crippen molar-refractivity contribution in [3.05, 3.63) is 35.4 Å². The van der Waals surface area contributed by atoms with Crippen LogP contribution in [0.15, 0.2) is 29.3 Å². The summed E-state index contributed by atoms with van der Waals surface area (Å²) in [6, 6.07) is 5.84. The van der Waals surface area contributed by atoms with Crippen LogP contribution in [0.2, 0.25) is 0 Å². The average molecular weight is 540 g/mol. The lowest BCUT2D eigenvalue weighted by atomic mass is 9.80. The van der Waals surface area contributed by atoms with Crippen molar-refractivity contribution in [2.45, 2.75) is 63.4 Å². The first-order chi connectivity index (χ1) is 13.8. The summed E-state index contributed by atoms with van der Waals surface area (Å²) in [6.45, 7) is 5.33. The number of alkyl halides is 3. The van der Waals surface area contributed by atoms with Crippen LogP contribution in [0.4, 0.5) is 13.2 Å². The van der Waals surface area contributed by atoms with Gasteiger partial charge < -0.3 is 15.7 Å². The van der Waals surface area contributed by atoms with Gasteiger partial charge in [0.05, 0.1) is 17.7 Å². The first-order valence-corrected chi connectivity index (χ1v) is 10.4. The van der Waals surface area contributed by atoms with Crippen LogP contribution in [0.3, 0.4) is 0 Å². The van der Waals surface area contributed by atoms with Crippen molar-refractivity contribution >= 4 is 29.9 Å². The quantitative estimate of drug-likeness (QED) is 0.292. The van der Waals surface area contributed by atoms with E-state index in [9.17, 15) is 18.3 Å². The molecule has 0 bridgehead atoms. The lowest BCUT2D eigenvalue weighted by Gasteiger charge is -2.36. The third-order valence-corrected chi connectivity index (χ3v) is 5.75. The number of piperidine rings is 1. The van der Waals surface area contributed by atoms with E-state index < -0.39 is 17.3 Å². The van der Waals surface area contributed by atoms with Gasteiger partial charge in [0, 0.05) is 32.2 Å². The number of hydrogen-bond donors (Lipinski definition) is 3. The highest BCUT2D eigenvalue weighted by Gasteiger charge is 2.34. The molecule has 1 aliphatic carbocycles. The molecule has 30 heavy (non-hydrogen) atoms. The number of benzene rings is 1. The molecule has 0 spiro atoms. The summed E-state index contributed by atoms with van der Waals surface area (Å²) in [5.74, 6) is 0.726. The van der Waals surface area contributed by atoms with Crippen LogP contribution in [-0.2, 0) is 12.7 Å². The minimum absolute atomic E-state index is 0. The molecule has 1 aromatic carbocycles. The fraction of sp³-hybridized carbons (Fsp3) is 0.667. The normalized spacial score (nSPS) is 20.2. The maximum absolute atomic E-state index is 12.9. The van der Waals surface area contributed by atoms with Gasteiger partial charge in [-0.05, 0) is 50.7 Å². The predicted octanol–water partition coefficient (Wildman–Crippen LogP) is 3.76. The number of nitrogens with zero attached hydrogens (tertiary/aromatic N) is 2. The van der Waals surface area contributed by atoms with Gasteiger partial charge in [0.25, 0.3) is 0 Å². The van der Waals surface area contributed by atoms with Gasteiger partial charge in [-0.2, -0.15) is 13.2 Å². The van der Waals surface area contributed by atoms with Crippen LogP contribution in [-0.4, -0.2) is 53.8 Å². The molecule has 1 saturated carbocycles. The second kappa shape index (κ2) is 11.0.